The number of nitrogens with one attached hydrogen (secondary N) is 1. The number of hydrogen-bond donors (Lipinski definition) is 1. The Kier molecular flexibility index (Phi) is 2.82. The van der Waals surface area contributed by atoms with Crippen LogP contribution in [0.25, 0.3) is 0 Å². The lowest BCUT2D eigenvalue weighted by Crippen LogP contribution is -2.48. The molecule has 0 radical (unpaired) electrons. The maximum atomic E-state index is 3.69. The van der Waals surface area contributed by atoms with Crippen molar-refractivity contribution in [2.75, 3.05) is 15.1 Å². The van der Waals surface area contributed by atoms with Crippen LogP contribution >= 0.6 is 15.9 Å². The predicted molar refractivity (Wildman–Crippen MR) is 99.3 cm³/mol. The molecule has 2 atom stereocenters. The Bertz CT molecular complexity index is 842. The Morgan fingerprint density at radius 3 is 2.78 bits per heavy atom. The molecule has 2 unspecified atom stereocenters. The standard InChI is InChI=1S/C19H16BrN3/c20-13-10-11-17-18(12-13)23-16-9-5-4-8-15(16)21-19(23)22(17)14-6-2-1-3-7-14/h1-6,8-12,14,19,21H,7H2. The summed E-state index contributed by atoms with van der Waals surface area (Å²) in [6.07, 6.45) is 9.99. The van der Waals surface area contributed by atoms with Crippen LogP contribution in [0.1, 0.15) is 6.42 Å². The molecule has 2 heterocycles. The van der Waals surface area contributed by atoms with Gasteiger partial charge >= 0.3 is 0 Å². The second-order valence-electron chi connectivity index (χ2n) is 6.06. The van der Waals surface area contributed by atoms with Crippen molar-refractivity contribution in [1.29, 1.82) is 0 Å². The Balaban J connectivity index is 1.68. The van der Waals surface area contributed by atoms with Crippen LogP contribution in [-0.2, 0) is 0 Å². The van der Waals surface area contributed by atoms with Crippen molar-refractivity contribution in [3.63, 3.8) is 0 Å². The van der Waals surface area contributed by atoms with Gasteiger partial charge in [-0.05, 0) is 36.8 Å². The average Bonchev–Trinajstić information content (AvgIpc) is 3.10. The summed E-state index contributed by atoms with van der Waals surface area (Å²) in [5.41, 5.74) is 4.98. The fourth-order valence-electron chi connectivity index (χ4n) is 3.77. The summed E-state index contributed by atoms with van der Waals surface area (Å²) < 4.78 is 1.11. The average molecular weight is 366 g/mol. The van der Waals surface area contributed by atoms with Gasteiger partial charge in [0.1, 0.15) is 0 Å². The van der Waals surface area contributed by atoms with Crippen molar-refractivity contribution in [2.45, 2.75) is 18.8 Å². The molecule has 2 aromatic carbocycles. The first-order valence-corrected chi connectivity index (χ1v) is 8.68. The van der Waals surface area contributed by atoms with Gasteiger partial charge in [-0.2, -0.15) is 0 Å². The third-order valence-corrected chi connectivity index (χ3v) is 5.24. The number of para-hydroxylation sites is 2. The van der Waals surface area contributed by atoms with Gasteiger partial charge in [-0.15, -0.1) is 0 Å². The Labute approximate surface area is 144 Å². The van der Waals surface area contributed by atoms with E-state index < -0.39 is 0 Å². The van der Waals surface area contributed by atoms with Gasteiger partial charge < -0.3 is 10.2 Å². The van der Waals surface area contributed by atoms with E-state index in [1.165, 1.54) is 22.7 Å². The normalized spacial score (nSPS) is 23.5. The number of hydrogen-bond acceptors (Lipinski definition) is 3. The van der Waals surface area contributed by atoms with Crippen LogP contribution in [0.2, 0.25) is 0 Å². The molecule has 0 spiro atoms. The molecule has 4 heteroatoms. The first-order chi connectivity index (χ1) is 11.3. The number of anilines is 4. The highest BCUT2D eigenvalue weighted by molar-refractivity contribution is 9.10. The number of halogens is 1. The lowest BCUT2D eigenvalue weighted by atomic mass is 10.1. The van der Waals surface area contributed by atoms with E-state index in [4.69, 9.17) is 0 Å². The molecule has 0 saturated carbocycles. The summed E-state index contributed by atoms with van der Waals surface area (Å²) in [5, 5.41) is 3.69. The molecule has 0 saturated heterocycles. The number of rotatable bonds is 1. The van der Waals surface area contributed by atoms with Crippen molar-refractivity contribution < 1.29 is 0 Å². The van der Waals surface area contributed by atoms with E-state index >= 15 is 0 Å². The minimum absolute atomic E-state index is 0.137. The summed E-state index contributed by atoms with van der Waals surface area (Å²) >= 11 is 3.63. The highest BCUT2D eigenvalue weighted by Gasteiger charge is 2.44. The summed E-state index contributed by atoms with van der Waals surface area (Å²) in [5.74, 6) is 0. The molecule has 0 fully saturated rings. The van der Waals surface area contributed by atoms with Gasteiger partial charge in [0, 0.05) is 4.47 Å². The van der Waals surface area contributed by atoms with Gasteiger partial charge in [-0.1, -0.05) is 52.4 Å². The minimum Gasteiger partial charge on any atom is -0.346 e. The van der Waals surface area contributed by atoms with Gasteiger partial charge in [0.15, 0.2) is 6.29 Å². The smallest absolute Gasteiger partial charge is 0.183 e. The highest BCUT2D eigenvalue weighted by atomic mass is 79.9. The number of benzene rings is 2. The van der Waals surface area contributed by atoms with Gasteiger partial charge in [0.25, 0.3) is 0 Å². The third kappa shape index (κ3) is 1.88. The van der Waals surface area contributed by atoms with E-state index in [0.29, 0.717) is 6.04 Å². The lowest BCUT2D eigenvalue weighted by Gasteiger charge is -2.33. The van der Waals surface area contributed by atoms with E-state index in [2.05, 4.69) is 97.8 Å². The topological polar surface area (TPSA) is 18.5 Å². The number of allylic oxidation sites excluding steroid dienone is 2. The van der Waals surface area contributed by atoms with Crippen LogP contribution in [0, 0.1) is 0 Å². The van der Waals surface area contributed by atoms with Gasteiger partial charge in [-0.25, -0.2) is 0 Å². The molecular weight excluding hydrogens is 350 g/mol. The first-order valence-electron chi connectivity index (χ1n) is 7.89. The second-order valence-corrected chi connectivity index (χ2v) is 6.98. The zero-order valence-corrected chi connectivity index (χ0v) is 14.1. The molecule has 114 valence electrons. The van der Waals surface area contributed by atoms with Crippen LogP contribution in [0.3, 0.4) is 0 Å². The highest BCUT2D eigenvalue weighted by Crippen LogP contribution is 2.52. The zero-order valence-electron chi connectivity index (χ0n) is 12.5. The lowest BCUT2D eigenvalue weighted by molar-refractivity contribution is 0.632. The van der Waals surface area contributed by atoms with Gasteiger partial charge in [-0.3, -0.25) is 4.90 Å². The number of nitrogens with zero attached hydrogens (tertiary/aromatic N) is 2. The van der Waals surface area contributed by atoms with E-state index in [0.717, 1.165) is 10.9 Å². The molecule has 0 bridgehead atoms. The summed E-state index contributed by atoms with van der Waals surface area (Å²) in [7, 11) is 0. The Morgan fingerprint density at radius 2 is 1.91 bits per heavy atom. The monoisotopic (exact) mass is 365 g/mol. The van der Waals surface area contributed by atoms with Crippen molar-refractivity contribution in [3.8, 4) is 0 Å². The van der Waals surface area contributed by atoms with Crippen LogP contribution in [-0.4, -0.2) is 12.3 Å². The van der Waals surface area contributed by atoms with Crippen LogP contribution in [0.5, 0.6) is 0 Å². The van der Waals surface area contributed by atoms with E-state index in [9.17, 15) is 0 Å². The fraction of sp³-hybridized carbons (Fsp3) is 0.158. The third-order valence-electron chi connectivity index (χ3n) is 4.75. The second kappa shape index (κ2) is 4.90. The summed E-state index contributed by atoms with van der Waals surface area (Å²) in [4.78, 5) is 4.89. The molecule has 3 nitrogen and oxygen atoms in total. The van der Waals surface area contributed by atoms with Crippen molar-refractivity contribution in [3.05, 3.63) is 71.2 Å². The molecule has 3 aliphatic rings. The summed E-state index contributed by atoms with van der Waals surface area (Å²) in [6.45, 7) is 0. The molecule has 5 rings (SSSR count). The molecule has 2 aromatic rings. The summed E-state index contributed by atoms with van der Waals surface area (Å²) in [6, 6.07) is 15.5. The van der Waals surface area contributed by atoms with E-state index in [1.54, 1.807) is 0 Å². The van der Waals surface area contributed by atoms with Gasteiger partial charge in [0.05, 0.1) is 28.8 Å². The first kappa shape index (κ1) is 13.3. The molecular formula is C19H16BrN3. The predicted octanol–water partition coefficient (Wildman–Crippen LogP) is 5.00. The fourth-order valence-corrected chi connectivity index (χ4v) is 4.12. The minimum atomic E-state index is 0.137. The SMILES string of the molecule is Brc1ccc2c(c1)N1c3ccccc3NC1N2C1C=CC=CC1. The number of fused-ring (bicyclic) bond motifs is 5. The molecule has 23 heavy (non-hydrogen) atoms. The largest absolute Gasteiger partial charge is 0.346 e. The van der Waals surface area contributed by atoms with Crippen molar-refractivity contribution >= 4 is 38.7 Å². The molecule has 0 amide bonds. The van der Waals surface area contributed by atoms with Gasteiger partial charge in [0.2, 0.25) is 0 Å². The maximum Gasteiger partial charge on any atom is 0.183 e. The van der Waals surface area contributed by atoms with Crippen molar-refractivity contribution in [1.82, 2.24) is 0 Å². The molecule has 2 aliphatic heterocycles. The molecule has 0 aromatic heterocycles. The quantitative estimate of drug-likeness (QED) is 0.766. The van der Waals surface area contributed by atoms with E-state index in [-0.39, 0.29) is 6.29 Å². The zero-order chi connectivity index (χ0) is 15.4. The maximum absolute atomic E-state index is 3.69. The molecule has 1 aliphatic carbocycles. The molecule has 1 N–H and O–H groups in total. The van der Waals surface area contributed by atoms with Crippen LogP contribution < -0.4 is 15.1 Å². The van der Waals surface area contributed by atoms with E-state index in [1.807, 2.05) is 0 Å². The van der Waals surface area contributed by atoms with Crippen LogP contribution in [0.15, 0.2) is 71.2 Å². The van der Waals surface area contributed by atoms with Crippen LogP contribution in [0.4, 0.5) is 22.7 Å². The Hall–Kier alpha value is -2.20. The Morgan fingerprint density at radius 1 is 1.00 bits per heavy atom. The van der Waals surface area contributed by atoms with Crippen molar-refractivity contribution in [2.24, 2.45) is 0 Å².